The van der Waals surface area contributed by atoms with Gasteiger partial charge in [0.05, 0.1) is 11.6 Å². The minimum Gasteiger partial charge on any atom is -0.365 e. The molecule has 28 heavy (non-hydrogen) atoms. The first-order valence-corrected chi connectivity index (χ1v) is 9.86. The van der Waals surface area contributed by atoms with Gasteiger partial charge in [-0.3, -0.25) is 9.78 Å². The molecular weight excluding hydrogens is 362 g/mol. The summed E-state index contributed by atoms with van der Waals surface area (Å²) in [6.07, 6.45) is -0.0854. The molecule has 3 heterocycles. The van der Waals surface area contributed by atoms with Gasteiger partial charge in [0, 0.05) is 61.4 Å². The quantitative estimate of drug-likeness (QED) is 0.845. The Morgan fingerprint density at radius 2 is 2.11 bits per heavy atom. The van der Waals surface area contributed by atoms with Gasteiger partial charge in [-0.05, 0) is 36.6 Å². The van der Waals surface area contributed by atoms with Crippen molar-refractivity contribution in [3.63, 3.8) is 0 Å². The molecular formula is C21H26F2N4O. The van der Waals surface area contributed by atoms with Crippen LogP contribution in [0.5, 0.6) is 0 Å². The van der Waals surface area contributed by atoms with E-state index in [1.54, 1.807) is 25.3 Å². The molecule has 2 fully saturated rings. The SMILES string of the molecule is CC(=O)N[C@@H]1C[C@H](C)CN(c2ccc(C(F)F)c3ncccc23)C1C1CNC1. The van der Waals surface area contributed by atoms with Crippen LogP contribution in [0.25, 0.3) is 10.9 Å². The van der Waals surface area contributed by atoms with Crippen molar-refractivity contribution in [3.05, 3.63) is 36.0 Å². The number of carbonyl (C=O) groups excluding carboxylic acids is 1. The normalized spacial score (nSPS) is 25.8. The summed E-state index contributed by atoms with van der Waals surface area (Å²) in [7, 11) is 0. The largest absolute Gasteiger partial charge is 0.365 e. The molecule has 0 radical (unpaired) electrons. The number of carbonyl (C=O) groups is 1. The highest BCUT2D eigenvalue weighted by atomic mass is 19.3. The zero-order chi connectivity index (χ0) is 19.8. The minimum absolute atomic E-state index is 0.0316. The fourth-order valence-corrected chi connectivity index (χ4v) is 4.73. The summed E-state index contributed by atoms with van der Waals surface area (Å²) >= 11 is 0. The molecule has 1 aromatic heterocycles. The number of piperidine rings is 1. The highest BCUT2D eigenvalue weighted by molar-refractivity contribution is 5.94. The number of pyridine rings is 1. The second-order valence-corrected chi connectivity index (χ2v) is 8.08. The third-order valence-corrected chi connectivity index (χ3v) is 5.94. The maximum absolute atomic E-state index is 13.5. The Hall–Kier alpha value is -2.28. The molecule has 1 aromatic carbocycles. The highest BCUT2D eigenvalue weighted by Crippen LogP contribution is 2.38. The first-order chi connectivity index (χ1) is 13.5. The second kappa shape index (κ2) is 7.62. The Morgan fingerprint density at radius 1 is 1.32 bits per heavy atom. The van der Waals surface area contributed by atoms with Gasteiger partial charge in [-0.1, -0.05) is 6.92 Å². The van der Waals surface area contributed by atoms with Crippen LogP contribution in [-0.2, 0) is 4.79 Å². The number of hydrogen-bond donors (Lipinski definition) is 2. The molecule has 1 amide bonds. The minimum atomic E-state index is -2.56. The Bertz CT molecular complexity index is 871. The van der Waals surface area contributed by atoms with E-state index < -0.39 is 6.43 Å². The number of nitrogens with zero attached hydrogens (tertiary/aromatic N) is 2. The zero-order valence-electron chi connectivity index (χ0n) is 16.2. The lowest BCUT2D eigenvalue weighted by atomic mass is 9.79. The molecule has 0 bridgehead atoms. The van der Waals surface area contributed by atoms with Crippen LogP contribution in [0.15, 0.2) is 30.5 Å². The molecule has 5 nitrogen and oxygen atoms in total. The lowest BCUT2D eigenvalue weighted by Gasteiger charge is -2.51. The van der Waals surface area contributed by atoms with Gasteiger partial charge in [0.2, 0.25) is 5.91 Å². The second-order valence-electron chi connectivity index (χ2n) is 8.08. The number of amides is 1. The van der Waals surface area contributed by atoms with Gasteiger partial charge in [-0.2, -0.15) is 0 Å². The number of nitrogens with one attached hydrogen (secondary N) is 2. The van der Waals surface area contributed by atoms with Gasteiger partial charge in [0.15, 0.2) is 0 Å². The first-order valence-electron chi connectivity index (χ1n) is 9.86. The van der Waals surface area contributed by atoms with Crippen LogP contribution >= 0.6 is 0 Å². The summed E-state index contributed by atoms with van der Waals surface area (Å²) in [5.41, 5.74) is 1.24. The van der Waals surface area contributed by atoms with Crippen LogP contribution in [-0.4, -0.2) is 42.6 Å². The molecule has 3 atom stereocenters. The predicted octanol–water partition coefficient (Wildman–Crippen LogP) is 3.11. The average Bonchev–Trinajstić information content (AvgIpc) is 2.60. The average molecular weight is 388 g/mol. The Morgan fingerprint density at radius 3 is 2.75 bits per heavy atom. The van der Waals surface area contributed by atoms with E-state index >= 15 is 0 Å². The number of anilines is 1. The van der Waals surface area contributed by atoms with Gasteiger partial charge in [0.25, 0.3) is 6.43 Å². The summed E-state index contributed by atoms with van der Waals surface area (Å²) in [5.74, 6) is 0.754. The van der Waals surface area contributed by atoms with Crippen molar-refractivity contribution in [3.8, 4) is 0 Å². The standard InChI is InChI=1S/C21H26F2N4O/c1-12-8-17(26-13(2)28)20(14-9-24-10-14)27(11-12)18-6-5-16(21(22)23)19-15(18)4-3-7-25-19/h3-7,12,14,17,20-21,24H,8-11H2,1-2H3,(H,26,28)/t12-,17+,20?/m0/s1. The third kappa shape index (κ3) is 3.43. The Kier molecular flexibility index (Phi) is 5.19. The molecule has 2 N–H and O–H groups in total. The van der Waals surface area contributed by atoms with Gasteiger partial charge >= 0.3 is 0 Å². The molecule has 150 valence electrons. The molecule has 4 rings (SSSR count). The number of rotatable bonds is 4. The molecule has 1 unspecified atom stereocenters. The van der Waals surface area contributed by atoms with Crippen LogP contribution in [0.2, 0.25) is 0 Å². The number of aromatic nitrogens is 1. The van der Waals surface area contributed by atoms with E-state index in [0.29, 0.717) is 17.4 Å². The summed E-state index contributed by atoms with van der Waals surface area (Å²) in [6, 6.07) is 7.12. The molecule has 0 aliphatic carbocycles. The van der Waals surface area contributed by atoms with Crippen molar-refractivity contribution in [1.29, 1.82) is 0 Å². The van der Waals surface area contributed by atoms with Crippen LogP contribution in [0.4, 0.5) is 14.5 Å². The summed E-state index contributed by atoms with van der Waals surface area (Å²) in [6.45, 7) is 6.35. The maximum Gasteiger partial charge on any atom is 0.265 e. The monoisotopic (exact) mass is 388 g/mol. The van der Waals surface area contributed by atoms with Crippen molar-refractivity contribution < 1.29 is 13.6 Å². The fourth-order valence-electron chi connectivity index (χ4n) is 4.73. The van der Waals surface area contributed by atoms with Crippen LogP contribution in [0, 0.1) is 11.8 Å². The Labute approximate surface area is 163 Å². The van der Waals surface area contributed by atoms with E-state index in [1.165, 1.54) is 6.07 Å². The Balaban J connectivity index is 1.81. The van der Waals surface area contributed by atoms with Gasteiger partial charge in [-0.25, -0.2) is 8.78 Å². The van der Waals surface area contributed by atoms with E-state index in [0.717, 1.165) is 37.1 Å². The van der Waals surface area contributed by atoms with Gasteiger partial charge < -0.3 is 15.5 Å². The highest BCUT2D eigenvalue weighted by Gasteiger charge is 2.42. The molecule has 0 spiro atoms. The molecule has 2 aliphatic heterocycles. The smallest absolute Gasteiger partial charge is 0.265 e. The lowest BCUT2D eigenvalue weighted by Crippen LogP contribution is -2.66. The van der Waals surface area contributed by atoms with Crippen molar-refractivity contribution in [2.24, 2.45) is 11.8 Å². The number of fused-ring (bicyclic) bond motifs is 1. The lowest BCUT2D eigenvalue weighted by molar-refractivity contribution is -0.120. The van der Waals surface area contributed by atoms with Crippen molar-refractivity contribution in [2.75, 3.05) is 24.5 Å². The predicted molar refractivity (Wildman–Crippen MR) is 106 cm³/mol. The van der Waals surface area contributed by atoms with Gasteiger partial charge in [-0.15, -0.1) is 0 Å². The van der Waals surface area contributed by atoms with E-state index in [9.17, 15) is 13.6 Å². The van der Waals surface area contributed by atoms with Crippen LogP contribution in [0.1, 0.15) is 32.3 Å². The van der Waals surface area contributed by atoms with Crippen LogP contribution in [0.3, 0.4) is 0 Å². The first kappa shape index (κ1) is 19.1. The van der Waals surface area contributed by atoms with Crippen LogP contribution < -0.4 is 15.5 Å². The fraction of sp³-hybridized carbons (Fsp3) is 0.524. The van der Waals surface area contributed by atoms with Crippen molar-refractivity contribution >= 4 is 22.5 Å². The number of alkyl halides is 2. The topological polar surface area (TPSA) is 57.3 Å². The van der Waals surface area contributed by atoms with Gasteiger partial charge in [0.1, 0.15) is 0 Å². The molecule has 7 heteroatoms. The maximum atomic E-state index is 13.5. The van der Waals surface area contributed by atoms with E-state index in [2.05, 4.69) is 27.4 Å². The molecule has 2 aromatic rings. The number of halogens is 2. The van der Waals surface area contributed by atoms with Crippen molar-refractivity contribution in [2.45, 2.75) is 38.8 Å². The van der Waals surface area contributed by atoms with E-state index in [1.807, 2.05) is 6.07 Å². The number of hydrogen-bond acceptors (Lipinski definition) is 4. The summed E-state index contributed by atoms with van der Waals surface area (Å²) < 4.78 is 27.0. The molecule has 2 saturated heterocycles. The van der Waals surface area contributed by atoms with E-state index in [4.69, 9.17) is 0 Å². The summed E-state index contributed by atoms with van der Waals surface area (Å²) in [4.78, 5) is 18.4. The molecule has 2 aliphatic rings. The van der Waals surface area contributed by atoms with E-state index in [-0.39, 0.29) is 23.6 Å². The number of benzene rings is 1. The third-order valence-electron chi connectivity index (χ3n) is 5.94. The molecule has 0 saturated carbocycles. The summed E-state index contributed by atoms with van der Waals surface area (Å²) in [5, 5.41) is 7.21. The van der Waals surface area contributed by atoms with Crippen molar-refractivity contribution in [1.82, 2.24) is 15.6 Å². The zero-order valence-corrected chi connectivity index (χ0v) is 16.2.